The van der Waals surface area contributed by atoms with E-state index < -0.39 is 47.9 Å². The highest BCUT2D eigenvalue weighted by atomic mass is 16.4. The molecule has 0 aliphatic heterocycles. The average molecular weight is 657 g/mol. The molecule has 0 unspecified atom stereocenters. The van der Waals surface area contributed by atoms with Crippen LogP contribution in [0.1, 0.15) is 36.8 Å². The third-order valence-electron chi connectivity index (χ3n) is 6.88. The number of carbonyl (C=O) groups excluding carboxylic acids is 3. The largest absolute Gasteiger partial charge is 0.508 e. The molecule has 0 bridgehead atoms. The van der Waals surface area contributed by atoms with Gasteiger partial charge in [-0.2, -0.15) is 0 Å². The average Bonchev–Trinajstić information content (AvgIpc) is 3.01. The molecule has 2 aromatic rings. The van der Waals surface area contributed by atoms with Crippen molar-refractivity contribution >= 4 is 35.6 Å². The summed E-state index contributed by atoms with van der Waals surface area (Å²) in [4.78, 5) is 59.8. The summed E-state index contributed by atoms with van der Waals surface area (Å²) in [6.45, 7) is 0.297. The lowest BCUT2D eigenvalue weighted by Gasteiger charge is -2.25. The lowest BCUT2D eigenvalue weighted by atomic mass is 10.0. The van der Waals surface area contributed by atoms with Gasteiger partial charge < -0.3 is 59.9 Å². The number of nitrogens with two attached hydrogens (primary N) is 5. The second-order valence-electron chi connectivity index (χ2n) is 10.8. The van der Waals surface area contributed by atoms with E-state index >= 15 is 0 Å². The number of benzene rings is 2. The number of guanidine groups is 2. The van der Waals surface area contributed by atoms with Crippen LogP contribution < -0.4 is 44.6 Å². The fourth-order valence-corrected chi connectivity index (χ4v) is 4.41. The van der Waals surface area contributed by atoms with Crippen LogP contribution in [-0.4, -0.2) is 88.2 Å². The number of carbonyl (C=O) groups is 4. The number of hydrogen-bond donors (Lipinski definition) is 11. The molecular weight excluding hydrogens is 612 g/mol. The molecule has 0 aromatic heterocycles. The molecule has 16 N–H and O–H groups in total. The first-order chi connectivity index (χ1) is 22.2. The molecule has 0 spiro atoms. The molecule has 0 aliphatic rings. The Morgan fingerprint density at radius 1 is 0.617 bits per heavy atom. The van der Waals surface area contributed by atoms with Gasteiger partial charge in [0.1, 0.15) is 29.6 Å². The number of phenolic OH excluding ortho intramolecular Hbond substituents is 2. The number of nitrogens with zero attached hydrogens (tertiary/aromatic N) is 2. The van der Waals surface area contributed by atoms with Crippen LogP contribution in [0.2, 0.25) is 0 Å². The van der Waals surface area contributed by atoms with Crippen molar-refractivity contribution in [2.75, 3.05) is 13.1 Å². The Kier molecular flexibility index (Phi) is 15.2. The SMILES string of the molecule is NC(N)=NCCC[C@H](NC(=O)[C@H](Cc1ccc(O)cc1)NC(=O)[C@H](CCCN=C(N)N)NC(=O)[C@@H](N)Cc1ccc(O)cc1)C(=O)O. The molecule has 0 saturated carbocycles. The number of rotatable bonds is 19. The van der Waals surface area contributed by atoms with E-state index in [2.05, 4.69) is 25.9 Å². The lowest BCUT2D eigenvalue weighted by molar-refractivity contribution is -0.142. The second-order valence-corrected chi connectivity index (χ2v) is 10.8. The van der Waals surface area contributed by atoms with E-state index in [1.54, 1.807) is 24.3 Å². The van der Waals surface area contributed by atoms with Gasteiger partial charge in [-0.3, -0.25) is 24.4 Å². The summed E-state index contributed by atoms with van der Waals surface area (Å²) in [7, 11) is 0. The maximum Gasteiger partial charge on any atom is 0.326 e. The standard InChI is InChI=1S/C30H44N10O7/c31-21(15-17-5-9-19(41)10-6-17)25(43)38-22(3-1-13-36-29(32)33)26(44)40-24(16-18-7-11-20(42)12-8-18)27(45)39-23(28(46)47)4-2-14-37-30(34)35/h5-12,21-24,41-42H,1-4,13-16,31H2,(H,38,43)(H,39,45)(H,40,44)(H,46,47)(H4,32,33,36)(H4,34,35,37)/t21-,22-,23-,24-/m0/s1. The van der Waals surface area contributed by atoms with Gasteiger partial charge in [0.05, 0.1) is 6.04 Å². The fourth-order valence-electron chi connectivity index (χ4n) is 4.41. The van der Waals surface area contributed by atoms with Crippen LogP contribution in [0.25, 0.3) is 0 Å². The van der Waals surface area contributed by atoms with Crippen molar-refractivity contribution in [3.05, 3.63) is 59.7 Å². The van der Waals surface area contributed by atoms with Crippen LogP contribution in [0, 0.1) is 0 Å². The smallest absolute Gasteiger partial charge is 0.326 e. The van der Waals surface area contributed by atoms with E-state index in [1.807, 2.05) is 0 Å². The van der Waals surface area contributed by atoms with Crippen LogP contribution >= 0.6 is 0 Å². The maximum atomic E-state index is 13.6. The first kappa shape index (κ1) is 37.6. The minimum Gasteiger partial charge on any atom is -0.508 e. The van der Waals surface area contributed by atoms with Crippen molar-refractivity contribution in [2.24, 2.45) is 38.7 Å². The topological polar surface area (TPSA) is 320 Å². The molecule has 256 valence electrons. The normalized spacial score (nSPS) is 13.2. The van der Waals surface area contributed by atoms with Gasteiger partial charge in [0.15, 0.2) is 11.9 Å². The predicted molar refractivity (Wildman–Crippen MR) is 175 cm³/mol. The molecule has 17 nitrogen and oxygen atoms in total. The number of carboxylic acids is 1. The van der Waals surface area contributed by atoms with Gasteiger partial charge in [0, 0.05) is 19.5 Å². The van der Waals surface area contributed by atoms with Crippen molar-refractivity contribution in [3.63, 3.8) is 0 Å². The Balaban J connectivity index is 2.26. The summed E-state index contributed by atoms with van der Waals surface area (Å²) in [6, 6.07) is 7.20. The highest BCUT2D eigenvalue weighted by Crippen LogP contribution is 2.14. The Hall–Kier alpha value is -5.58. The summed E-state index contributed by atoms with van der Waals surface area (Å²) in [5, 5.41) is 36.6. The number of aliphatic imine (C=N–C) groups is 2. The molecule has 2 aromatic carbocycles. The zero-order valence-electron chi connectivity index (χ0n) is 25.8. The molecule has 4 atom stereocenters. The second kappa shape index (κ2) is 19.1. The van der Waals surface area contributed by atoms with Crippen LogP contribution in [0.5, 0.6) is 11.5 Å². The zero-order chi connectivity index (χ0) is 34.9. The number of carboxylic acid groups (broad SMARTS) is 1. The van der Waals surface area contributed by atoms with Gasteiger partial charge in [-0.1, -0.05) is 24.3 Å². The molecule has 0 radical (unpaired) electrons. The van der Waals surface area contributed by atoms with Gasteiger partial charge in [-0.15, -0.1) is 0 Å². The van der Waals surface area contributed by atoms with Gasteiger partial charge in [-0.25, -0.2) is 4.79 Å². The molecular formula is C30H44N10O7. The minimum absolute atomic E-state index is 0.000122. The van der Waals surface area contributed by atoms with E-state index in [-0.39, 0.29) is 75.0 Å². The van der Waals surface area contributed by atoms with E-state index in [4.69, 9.17) is 28.7 Å². The number of aliphatic carboxylic acids is 1. The van der Waals surface area contributed by atoms with Gasteiger partial charge in [0.25, 0.3) is 0 Å². The monoisotopic (exact) mass is 656 g/mol. The number of aromatic hydroxyl groups is 2. The highest BCUT2D eigenvalue weighted by molar-refractivity contribution is 5.94. The van der Waals surface area contributed by atoms with Crippen molar-refractivity contribution in [2.45, 2.75) is 62.7 Å². The van der Waals surface area contributed by atoms with Gasteiger partial charge >= 0.3 is 5.97 Å². The van der Waals surface area contributed by atoms with Gasteiger partial charge in [-0.05, 0) is 67.5 Å². The minimum atomic E-state index is -1.32. The lowest BCUT2D eigenvalue weighted by Crippen LogP contribution is -2.57. The Morgan fingerprint density at radius 3 is 1.49 bits per heavy atom. The van der Waals surface area contributed by atoms with Crippen molar-refractivity contribution < 1.29 is 34.5 Å². The highest BCUT2D eigenvalue weighted by Gasteiger charge is 2.30. The van der Waals surface area contributed by atoms with Crippen LogP contribution in [0.4, 0.5) is 0 Å². The van der Waals surface area contributed by atoms with Crippen molar-refractivity contribution in [3.8, 4) is 11.5 Å². The number of amides is 3. The first-order valence-electron chi connectivity index (χ1n) is 14.8. The molecule has 2 rings (SSSR count). The summed E-state index contributed by atoms with van der Waals surface area (Å²) in [6.07, 6.45) is 0.622. The summed E-state index contributed by atoms with van der Waals surface area (Å²) < 4.78 is 0. The summed E-state index contributed by atoms with van der Waals surface area (Å²) in [5.41, 5.74) is 28.7. The number of phenols is 2. The van der Waals surface area contributed by atoms with E-state index in [0.29, 0.717) is 11.1 Å². The zero-order valence-corrected chi connectivity index (χ0v) is 25.8. The molecule has 0 aliphatic carbocycles. The third kappa shape index (κ3) is 14.4. The number of hydrogen-bond acceptors (Lipinski definition) is 9. The van der Waals surface area contributed by atoms with Crippen LogP contribution in [-0.2, 0) is 32.0 Å². The van der Waals surface area contributed by atoms with E-state index in [0.717, 1.165) is 0 Å². The van der Waals surface area contributed by atoms with E-state index in [1.165, 1.54) is 24.3 Å². The van der Waals surface area contributed by atoms with Crippen LogP contribution in [0.15, 0.2) is 58.5 Å². The molecule has 47 heavy (non-hydrogen) atoms. The molecule has 17 heteroatoms. The Morgan fingerprint density at radius 2 is 1.02 bits per heavy atom. The molecule has 0 saturated heterocycles. The van der Waals surface area contributed by atoms with Crippen molar-refractivity contribution in [1.29, 1.82) is 0 Å². The predicted octanol–water partition coefficient (Wildman–Crippen LogP) is -2.14. The van der Waals surface area contributed by atoms with Gasteiger partial charge in [0.2, 0.25) is 17.7 Å². The molecule has 3 amide bonds. The molecule has 0 heterocycles. The van der Waals surface area contributed by atoms with Crippen molar-refractivity contribution in [1.82, 2.24) is 16.0 Å². The quantitative estimate of drug-likeness (QED) is 0.0438. The number of nitrogens with one attached hydrogen (secondary N) is 3. The first-order valence-corrected chi connectivity index (χ1v) is 14.8. The summed E-state index contributed by atoms with van der Waals surface area (Å²) >= 11 is 0. The fraction of sp³-hybridized carbons (Fsp3) is 0.400. The third-order valence-corrected chi connectivity index (χ3v) is 6.88. The van der Waals surface area contributed by atoms with Crippen LogP contribution in [0.3, 0.4) is 0 Å². The van der Waals surface area contributed by atoms with E-state index in [9.17, 15) is 34.5 Å². The Labute approximate surface area is 271 Å². The Bertz CT molecular complexity index is 1390. The molecule has 0 fully saturated rings. The maximum absolute atomic E-state index is 13.6. The summed E-state index contributed by atoms with van der Waals surface area (Å²) in [5.74, 6) is -3.75.